The van der Waals surface area contributed by atoms with E-state index < -0.39 is 6.10 Å². The molecular weight excluding hydrogens is 232 g/mol. The van der Waals surface area contributed by atoms with Crippen LogP contribution in [-0.4, -0.2) is 25.7 Å². The highest BCUT2D eigenvalue weighted by molar-refractivity contribution is 7.99. The van der Waals surface area contributed by atoms with E-state index in [1.165, 1.54) is 25.7 Å². The van der Waals surface area contributed by atoms with Crippen molar-refractivity contribution in [2.45, 2.75) is 56.9 Å². The zero-order chi connectivity index (χ0) is 12.1. The van der Waals surface area contributed by atoms with Gasteiger partial charge in [0.25, 0.3) is 0 Å². The zero-order valence-electron chi connectivity index (χ0n) is 10.5. The third-order valence-electron chi connectivity index (χ3n) is 3.30. The molecule has 1 aromatic rings. The first kappa shape index (κ1) is 13.0. The van der Waals surface area contributed by atoms with Crippen molar-refractivity contribution in [1.82, 2.24) is 9.55 Å². The van der Waals surface area contributed by atoms with Crippen molar-refractivity contribution in [2.24, 2.45) is 0 Å². The van der Waals surface area contributed by atoms with Gasteiger partial charge < -0.3 is 9.67 Å². The van der Waals surface area contributed by atoms with Gasteiger partial charge in [0, 0.05) is 29.9 Å². The lowest BCUT2D eigenvalue weighted by Crippen LogP contribution is -2.12. The normalized spacial score (nSPS) is 18.7. The molecular formula is C13H22N2OS. The number of hydrogen-bond acceptors (Lipinski definition) is 3. The first-order valence-electron chi connectivity index (χ1n) is 6.62. The summed E-state index contributed by atoms with van der Waals surface area (Å²) in [7, 11) is 0. The second-order valence-corrected chi connectivity index (χ2v) is 6.07. The van der Waals surface area contributed by atoms with Gasteiger partial charge in [-0.25, -0.2) is 4.98 Å². The molecule has 1 N–H and O–H groups in total. The Kier molecular flexibility index (Phi) is 4.92. The summed E-state index contributed by atoms with van der Waals surface area (Å²) < 4.78 is 2.07. The van der Waals surface area contributed by atoms with Gasteiger partial charge in [0.2, 0.25) is 0 Å². The zero-order valence-corrected chi connectivity index (χ0v) is 11.3. The lowest BCUT2D eigenvalue weighted by Gasteiger charge is -2.15. The van der Waals surface area contributed by atoms with E-state index in [4.69, 9.17) is 0 Å². The van der Waals surface area contributed by atoms with Gasteiger partial charge in [0.1, 0.15) is 11.9 Å². The Morgan fingerprint density at radius 3 is 3.00 bits per heavy atom. The molecule has 0 bridgehead atoms. The Labute approximate surface area is 108 Å². The fourth-order valence-corrected chi connectivity index (χ4v) is 3.68. The SMILES string of the molecule is CCCn1ccnc1C(O)CSC1CCCC1. The predicted octanol–water partition coefficient (Wildman–Crippen LogP) is 3.00. The van der Waals surface area contributed by atoms with E-state index in [1.807, 2.05) is 18.0 Å². The molecule has 1 saturated carbocycles. The van der Waals surface area contributed by atoms with E-state index in [0.717, 1.165) is 29.8 Å². The average Bonchev–Trinajstić information content (AvgIpc) is 2.97. The van der Waals surface area contributed by atoms with Crippen molar-refractivity contribution in [1.29, 1.82) is 0 Å². The highest BCUT2D eigenvalue weighted by Gasteiger charge is 2.19. The topological polar surface area (TPSA) is 38.0 Å². The van der Waals surface area contributed by atoms with Crippen molar-refractivity contribution in [2.75, 3.05) is 5.75 Å². The molecule has 4 heteroatoms. The third-order valence-corrected chi connectivity index (χ3v) is 4.75. The molecule has 1 aliphatic carbocycles. The predicted molar refractivity (Wildman–Crippen MR) is 72.2 cm³/mol. The average molecular weight is 254 g/mol. The molecule has 1 aliphatic rings. The van der Waals surface area contributed by atoms with Gasteiger partial charge in [0.05, 0.1) is 0 Å². The second-order valence-electron chi connectivity index (χ2n) is 4.73. The van der Waals surface area contributed by atoms with E-state index >= 15 is 0 Å². The summed E-state index contributed by atoms with van der Waals surface area (Å²) in [5, 5.41) is 10.9. The second kappa shape index (κ2) is 6.45. The van der Waals surface area contributed by atoms with Gasteiger partial charge in [-0.3, -0.25) is 0 Å². The third kappa shape index (κ3) is 3.49. The van der Waals surface area contributed by atoms with Crippen LogP contribution in [0.2, 0.25) is 0 Å². The molecule has 1 heterocycles. The lowest BCUT2D eigenvalue weighted by molar-refractivity contribution is 0.188. The van der Waals surface area contributed by atoms with Crippen LogP contribution in [0, 0.1) is 0 Å². The summed E-state index contributed by atoms with van der Waals surface area (Å²) in [5.74, 6) is 1.61. The van der Waals surface area contributed by atoms with Gasteiger partial charge in [-0.2, -0.15) is 11.8 Å². The van der Waals surface area contributed by atoms with Gasteiger partial charge in [0.15, 0.2) is 0 Å². The summed E-state index contributed by atoms with van der Waals surface area (Å²) in [4.78, 5) is 4.28. The molecule has 96 valence electrons. The first-order valence-corrected chi connectivity index (χ1v) is 7.67. The standard InChI is InChI=1S/C13H22N2OS/c1-2-8-15-9-7-14-13(15)12(16)10-17-11-5-3-4-6-11/h7,9,11-12,16H,2-6,8,10H2,1H3. The van der Waals surface area contributed by atoms with Crippen LogP contribution in [0.5, 0.6) is 0 Å². The van der Waals surface area contributed by atoms with Crippen molar-refractivity contribution < 1.29 is 5.11 Å². The summed E-state index contributed by atoms with van der Waals surface area (Å²) in [6.45, 7) is 3.09. The van der Waals surface area contributed by atoms with Gasteiger partial charge in [-0.15, -0.1) is 0 Å². The van der Waals surface area contributed by atoms with Crippen LogP contribution in [0.4, 0.5) is 0 Å². The Balaban J connectivity index is 1.85. The molecule has 2 rings (SSSR count). The van der Waals surface area contributed by atoms with Gasteiger partial charge >= 0.3 is 0 Å². The quantitative estimate of drug-likeness (QED) is 0.848. The van der Waals surface area contributed by atoms with E-state index in [2.05, 4.69) is 16.5 Å². The number of nitrogens with zero attached hydrogens (tertiary/aromatic N) is 2. The van der Waals surface area contributed by atoms with Crippen LogP contribution >= 0.6 is 11.8 Å². The molecule has 0 spiro atoms. The molecule has 1 unspecified atom stereocenters. The molecule has 17 heavy (non-hydrogen) atoms. The molecule has 1 aromatic heterocycles. The molecule has 0 radical (unpaired) electrons. The number of imidazole rings is 1. The summed E-state index contributed by atoms with van der Waals surface area (Å²) in [6, 6.07) is 0. The fraction of sp³-hybridized carbons (Fsp3) is 0.769. The minimum atomic E-state index is -0.415. The smallest absolute Gasteiger partial charge is 0.138 e. The molecule has 1 fully saturated rings. The molecule has 1 atom stereocenters. The maximum Gasteiger partial charge on any atom is 0.138 e. The Hall–Kier alpha value is -0.480. The first-order chi connectivity index (χ1) is 8.31. The van der Waals surface area contributed by atoms with Crippen LogP contribution in [0.25, 0.3) is 0 Å². The van der Waals surface area contributed by atoms with Crippen molar-refractivity contribution in [3.8, 4) is 0 Å². The number of hydrogen-bond donors (Lipinski definition) is 1. The molecule has 0 aliphatic heterocycles. The van der Waals surface area contributed by atoms with Crippen LogP contribution in [0.15, 0.2) is 12.4 Å². The van der Waals surface area contributed by atoms with E-state index in [9.17, 15) is 5.11 Å². The van der Waals surface area contributed by atoms with E-state index in [0.29, 0.717) is 0 Å². The largest absolute Gasteiger partial charge is 0.384 e. The Morgan fingerprint density at radius 2 is 2.29 bits per heavy atom. The van der Waals surface area contributed by atoms with Crippen molar-refractivity contribution in [3.05, 3.63) is 18.2 Å². The number of aryl methyl sites for hydroxylation is 1. The molecule has 0 saturated heterocycles. The lowest BCUT2D eigenvalue weighted by atomic mass is 10.3. The van der Waals surface area contributed by atoms with Crippen molar-refractivity contribution >= 4 is 11.8 Å². The van der Waals surface area contributed by atoms with Crippen LogP contribution in [-0.2, 0) is 6.54 Å². The minimum Gasteiger partial charge on any atom is -0.384 e. The number of thioether (sulfide) groups is 1. The highest BCUT2D eigenvalue weighted by Crippen LogP contribution is 2.31. The van der Waals surface area contributed by atoms with Crippen LogP contribution < -0.4 is 0 Å². The molecule has 0 aromatic carbocycles. The number of aliphatic hydroxyl groups is 1. The number of aliphatic hydroxyl groups excluding tert-OH is 1. The maximum absolute atomic E-state index is 10.2. The van der Waals surface area contributed by atoms with Crippen LogP contribution in [0.1, 0.15) is 51.0 Å². The Morgan fingerprint density at radius 1 is 1.53 bits per heavy atom. The fourth-order valence-electron chi connectivity index (χ4n) is 2.40. The Bertz CT molecular complexity index is 334. The van der Waals surface area contributed by atoms with Crippen LogP contribution in [0.3, 0.4) is 0 Å². The van der Waals surface area contributed by atoms with Gasteiger partial charge in [-0.05, 0) is 19.3 Å². The number of aromatic nitrogens is 2. The molecule has 0 amide bonds. The van der Waals surface area contributed by atoms with Crippen molar-refractivity contribution in [3.63, 3.8) is 0 Å². The number of rotatable bonds is 6. The summed E-state index contributed by atoms with van der Waals surface area (Å²) in [5.41, 5.74) is 0. The van der Waals surface area contributed by atoms with E-state index in [-0.39, 0.29) is 0 Å². The van der Waals surface area contributed by atoms with Gasteiger partial charge in [-0.1, -0.05) is 19.8 Å². The summed E-state index contributed by atoms with van der Waals surface area (Å²) in [6.07, 6.45) is 9.77. The summed E-state index contributed by atoms with van der Waals surface area (Å²) >= 11 is 1.91. The maximum atomic E-state index is 10.2. The minimum absolute atomic E-state index is 0.415. The van der Waals surface area contributed by atoms with E-state index in [1.54, 1.807) is 6.20 Å². The molecule has 3 nitrogen and oxygen atoms in total. The monoisotopic (exact) mass is 254 g/mol. The highest BCUT2D eigenvalue weighted by atomic mass is 32.2.